The molecule has 0 unspecified atom stereocenters. The van der Waals surface area contributed by atoms with Gasteiger partial charge >= 0.3 is 0 Å². The molecule has 10 nitrogen and oxygen atoms in total. The number of ether oxygens (including phenoxy) is 3. The van der Waals surface area contributed by atoms with Gasteiger partial charge in [-0.1, -0.05) is 5.16 Å². The largest absolute Gasteiger partial charge is 0.481 e. The second-order valence-electron chi connectivity index (χ2n) is 5.91. The van der Waals surface area contributed by atoms with Gasteiger partial charge in [0.25, 0.3) is 5.91 Å². The maximum Gasteiger partial charge on any atom is 0.261 e. The predicted molar refractivity (Wildman–Crippen MR) is 91.0 cm³/mol. The first-order chi connectivity index (χ1) is 13.1. The lowest BCUT2D eigenvalue weighted by atomic mass is 10.3. The molecular weight excluding hydrogens is 354 g/mol. The van der Waals surface area contributed by atoms with Crippen LogP contribution >= 0.6 is 0 Å². The van der Waals surface area contributed by atoms with E-state index in [-0.39, 0.29) is 25.1 Å². The number of carbonyl (C=O) groups is 1. The van der Waals surface area contributed by atoms with E-state index in [0.29, 0.717) is 23.1 Å². The molecule has 0 saturated carbocycles. The highest BCUT2D eigenvalue weighted by Gasteiger charge is 2.19. The summed E-state index contributed by atoms with van der Waals surface area (Å²) in [6.45, 7) is 1.93. The first-order valence-electron chi connectivity index (χ1n) is 8.24. The number of nitrogens with zero attached hydrogens (tertiary/aromatic N) is 4. The number of nitrogens with one attached hydrogen (secondary N) is 1. The third kappa shape index (κ3) is 3.68. The van der Waals surface area contributed by atoms with Gasteiger partial charge in [0.15, 0.2) is 17.6 Å². The van der Waals surface area contributed by atoms with Crippen molar-refractivity contribution in [1.82, 2.24) is 25.2 Å². The molecule has 1 aromatic carbocycles. The molecule has 3 heterocycles. The number of hydrogen-bond acceptors (Lipinski definition) is 8. The molecule has 0 aliphatic carbocycles. The summed E-state index contributed by atoms with van der Waals surface area (Å²) in [5.41, 5.74) is 0.735. The molecule has 0 radical (unpaired) electrons. The second kappa shape index (κ2) is 6.98. The summed E-state index contributed by atoms with van der Waals surface area (Å²) in [7, 11) is 1.80. The van der Waals surface area contributed by atoms with Gasteiger partial charge in [-0.05, 0) is 19.1 Å². The van der Waals surface area contributed by atoms with Gasteiger partial charge < -0.3 is 24.1 Å². The van der Waals surface area contributed by atoms with Crippen molar-refractivity contribution >= 4 is 5.91 Å². The summed E-state index contributed by atoms with van der Waals surface area (Å²) in [6.07, 6.45) is 2.69. The van der Waals surface area contributed by atoms with Gasteiger partial charge in [-0.15, -0.1) is 0 Å². The van der Waals surface area contributed by atoms with Gasteiger partial charge in [0, 0.05) is 19.3 Å². The van der Waals surface area contributed by atoms with Gasteiger partial charge in [-0.2, -0.15) is 10.1 Å². The fourth-order valence-electron chi connectivity index (χ4n) is 2.49. The van der Waals surface area contributed by atoms with Gasteiger partial charge in [0.2, 0.25) is 18.5 Å². The van der Waals surface area contributed by atoms with Crippen molar-refractivity contribution in [1.29, 1.82) is 0 Å². The quantitative estimate of drug-likeness (QED) is 0.689. The van der Waals surface area contributed by atoms with E-state index < -0.39 is 6.10 Å². The summed E-state index contributed by atoms with van der Waals surface area (Å²) < 4.78 is 23.0. The molecule has 140 valence electrons. The van der Waals surface area contributed by atoms with Crippen LogP contribution in [-0.2, 0) is 18.4 Å². The Morgan fingerprint density at radius 1 is 1.37 bits per heavy atom. The number of rotatable bonds is 6. The van der Waals surface area contributed by atoms with Gasteiger partial charge in [0.05, 0.1) is 18.3 Å². The van der Waals surface area contributed by atoms with Crippen molar-refractivity contribution in [3.05, 3.63) is 36.5 Å². The molecule has 0 spiro atoms. The highest BCUT2D eigenvalue weighted by Crippen LogP contribution is 2.35. The van der Waals surface area contributed by atoms with Crippen molar-refractivity contribution in [2.24, 2.45) is 7.05 Å². The minimum atomic E-state index is -0.717. The van der Waals surface area contributed by atoms with E-state index in [0.717, 1.165) is 5.56 Å². The number of amides is 1. The molecule has 1 atom stereocenters. The Morgan fingerprint density at radius 3 is 3.04 bits per heavy atom. The second-order valence-corrected chi connectivity index (χ2v) is 5.91. The smallest absolute Gasteiger partial charge is 0.261 e. The van der Waals surface area contributed by atoms with Crippen molar-refractivity contribution in [2.45, 2.75) is 19.6 Å². The topological polar surface area (TPSA) is 114 Å². The van der Waals surface area contributed by atoms with E-state index in [1.165, 1.54) is 0 Å². The molecular formula is C17H17N5O5. The fraction of sp³-hybridized carbons (Fsp3) is 0.294. The summed E-state index contributed by atoms with van der Waals surface area (Å²) in [5.74, 6) is 2.15. The fourth-order valence-corrected chi connectivity index (χ4v) is 2.49. The Bertz CT molecular complexity index is 966. The molecule has 1 aliphatic heterocycles. The van der Waals surface area contributed by atoms with Crippen LogP contribution in [0.5, 0.6) is 17.2 Å². The first kappa shape index (κ1) is 16.9. The molecule has 27 heavy (non-hydrogen) atoms. The van der Waals surface area contributed by atoms with Crippen LogP contribution in [0.25, 0.3) is 11.4 Å². The van der Waals surface area contributed by atoms with Crippen molar-refractivity contribution < 1.29 is 23.5 Å². The zero-order valence-corrected chi connectivity index (χ0v) is 14.7. The van der Waals surface area contributed by atoms with Crippen LogP contribution in [0.4, 0.5) is 0 Å². The van der Waals surface area contributed by atoms with Crippen LogP contribution in [0, 0.1) is 0 Å². The van der Waals surface area contributed by atoms with E-state index in [4.69, 9.17) is 18.7 Å². The highest BCUT2D eigenvalue weighted by atomic mass is 16.7. The van der Waals surface area contributed by atoms with Crippen LogP contribution in [0.15, 0.2) is 35.1 Å². The van der Waals surface area contributed by atoms with E-state index >= 15 is 0 Å². The van der Waals surface area contributed by atoms with Crippen LogP contribution in [0.1, 0.15) is 12.8 Å². The molecule has 1 N–H and O–H groups in total. The number of carbonyl (C=O) groups excluding carboxylic acids is 1. The number of benzene rings is 1. The molecule has 10 heteroatoms. The third-order valence-electron chi connectivity index (χ3n) is 3.87. The maximum absolute atomic E-state index is 12.2. The average Bonchev–Trinajstić information content (AvgIpc) is 3.39. The Kier molecular flexibility index (Phi) is 4.37. The SMILES string of the molecule is C[C@H](Oc1ccc2c(c1)OCO2)C(=O)NCc1nc(-c2cnn(C)c2)no1. The van der Waals surface area contributed by atoms with Gasteiger partial charge in [-0.3, -0.25) is 9.48 Å². The highest BCUT2D eigenvalue weighted by molar-refractivity contribution is 5.80. The number of fused-ring (bicyclic) bond motifs is 1. The number of aryl methyl sites for hydroxylation is 1. The van der Waals surface area contributed by atoms with Gasteiger partial charge in [-0.25, -0.2) is 0 Å². The van der Waals surface area contributed by atoms with Crippen LogP contribution in [0.2, 0.25) is 0 Å². The Labute approximate surface area is 154 Å². The van der Waals surface area contributed by atoms with E-state index in [2.05, 4.69) is 20.6 Å². The zero-order valence-electron chi connectivity index (χ0n) is 14.7. The molecule has 1 aliphatic rings. The van der Waals surface area contributed by atoms with Gasteiger partial charge in [0.1, 0.15) is 5.75 Å². The molecule has 4 rings (SSSR count). The number of aromatic nitrogens is 4. The van der Waals surface area contributed by atoms with E-state index in [1.54, 1.807) is 49.2 Å². The standard InChI is InChI=1S/C17H17N5O5/c1-10(26-12-3-4-13-14(5-12)25-9-24-13)17(23)18-7-15-20-16(21-27-15)11-6-19-22(2)8-11/h3-6,8,10H,7,9H2,1-2H3,(H,18,23)/t10-/m0/s1. The minimum absolute atomic E-state index is 0.0981. The molecule has 1 amide bonds. The van der Waals surface area contributed by atoms with E-state index in [9.17, 15) is 4.79 Å². The van der Waals surface area contributed by atoms with Crippen LogP contribution in [-0.4, -0.2) is 38.7 Å². The maximum atomic E-state index is 12.2. The Balaban J connectivity index is 1.32. The van der Waals surface area contributed by atoms with Crippen LogP contribution < -0.4 is 19.5 Å². The van der Waals surface area contributed by atoms with Crippen molar-refractivity contribution in [2.75, 3.05) is 6.79 Å². The minimum Gasteiger partial charge on any atom is -0.481 e. The summed E-state index contributed by atoms with van der Waals surface area (Å²) in [5, 5.41) is 10.6. The molecule has 3 aromatic rings. The Morgan fingerprint density at radius 2 is 2.22 bits per heavy atom. The molecule has 0 bridgehead atoms. The Hall–Kier alpha value is -3.56. The molecule has 0 fully saturated rings. The van der Waals surface area contributed by atoms with Crippen molar-refractivity contribution in [3.8, 4) is 28.6 Å². The normalized spacial score (nSPS) is 13.4. The summed E-state index contributed by atoms with van der Waals surface area (Å²) in [4.78, 5) is 16.5. The van der Waals surface area contributed by atoms with E-state index in [1.807, 2.05) is 0 Å². The average molecular weight is 371 g/mol. The lowest BCUT2D eigenvalue weighted by Crippen LogP contribution is -2.35. The molecule has 0 saturated heterocycles. The third-order valence-corrected chi connectivity index (χ3v) is 3.87. The van der Waals surface area contributed by atoms with Crippen LogP contribution in [0.3, 0.4) is 0 Å². The number of hydrogen-bond donors (Lipinski definition) is 1. The predicted octanol–water partition coefficient (Wildman–Crippen LogP) is 1.28. The summed E-state index contributed by atoms with van der Waals surface area (Å²) in [6, 6.07) is 5.14. The summed E-state index contributed by atoms with van der Waals surface area (Å²) >= 11 is 0. The zero-order chi connectivity index (χ0) is 18.8. The monoisotopic (exact) mass is 371 g/mol. The van der Waals surface area contributed by atoms with Crippen molar-refractivity contribution in [3.63, 3.8) is 0 Å². The lowest BCUT2D eigenvalue weighted by Gasteiger charge is -2.14. The first-order valence-corrected chi connectivity index (χ1v) is 8.24. The molecule has 2 aromatic heterocycles. The lowest BCUT2D eigenvalue weighted by molar-refractivity contribution is -0.127.